The van der Waals surface area contributed by atoms with Crippen molar-refractivity contribution >= 4 is 23.6 Å². The van der Waals surface area contributed by atoms with Crippen molar-refractivity contribution in [3.63, 3.8) is 0 Å². The van der Waals surface area contributed by atoms with Gasteiger partial charge in [-0.25, -0.2) is 0 Å². The average Bonchev–Trinajstić information content (AvgIpc) is 2.46. The first-order chi connectivity index (χ1) is 9.47. The predicted octanol–water partition coefficient (Wildman–Crippen LogP) is 2.42. The zero-order valence-corrected chi connectivity index (χ0v) is 14.2. The first-order valence-electron chi connectivity index (χ1n) is 7.61. The number of rotatable bonds is 7. The maximum absolute atomic E-state index is 12.9. The molecule has 0 saturated carbocycles. The summed E-state index contributed by atoms with van der Waals surface area (Å²) in [6.45, 7) is 7.97. The number of carbonyl (C=O) groups is 2. The fraction of sp³-hybridized carbons (Fsp3) is 0.867. The predicted molar refractivity (Wildman–Crippen MR) is 84.8 cm³/mol. The summed E-state index contributed by atoms with van der Waals surface area (Å²) in [7, 11) is 0. The number of piperazine rings is 1. The summed E-state index contributed by atoms with van der Waals surface area (Å²) in [4.78, 5) is 27.2. The van der Waals surface area contributed by atoms with Gasteiger partial charge in [-0.1, -0.05) is 20.8 Å². The Morgan fingerprint density at radius 2 is 1.90 bits per heavy atom. The average molecular weight is 300 g/mol. The summed E-state index contributed by atoms with van der Waals surface area (Å²) >= 11 is 1.78. The number of carbonyl (C=O) groups excluding carboxylic acids is 2. The lowest BCUT2D eigenvalue weighted by molar-refractivity contribution is -0.158. The van der Waals surface area contributed by atoms with Crippen molar-refractivity contribution in [2.75, 3.05) is 12.0 Å². The standard InChI is InChI=1S/C15H28N2O2S/c1-6-12-13(18)16-15(7-2,8-3)14(19)17(12)11(4)9-10-20-5/h11-12H,6-10H2,1-5H3,(H,16,18). The highest BCUT2D eigenvalue weighted by molar-refractivity contribution is 7.98. The molecule has 2 unspecified atom stereocenters. The molecule has 116 valence electrons. The van der Waals surface area contributed by atoms with Crippen LogP contribution in [0.15, 0.2) is 0 Å². The fourth-order valence-electron chi connectivity index (χ4n) is 2.93. The van der Waals surface area contributed by atoms with Gasteiger partial charge in [0.05, 0.1) is 0 Å². The van der Waals surface area contributed by atoms with E-state index in [1.807, 2.05) is 25.7 Å². The van der Waals surface area contributed by atoms with Gasteiger partial charge < -0.3 is 10.2 Å². The summed E-state index contributed by atoms with van der Waals surface area (Å²) in [6.07, 6.45) is 4.97. The molecular weight excluding hydrogens is 272 g/mol. The molecule has 1 N–H and O–H groups in total. The Labute approximate surface area is 127 Å². The number of thioether (sulfide) groups is 1. The number of hydrogen-bond acceptors (Lipinski definition) is 3. The molecule has 0 spiro atoms. The molecule has 4 nitrogen and oxygen atoms in total. The SMILES string of the molecule is CCC1C(=O)NC(CC)(CC)C(=O)N1C(C)CCSC. The van der Waals surface area contributed by atoms with Crippen molar-refractivity contribution in [3.05, 3.63) is 0 Å². The lowest BCUT2D eigenvalue weighted by Gasteiger charge is -2.47. The van der Waals surface area contributed by atoms with E-state index >= 15 is 0 Å². The second kappa shape index (κ2) is 7.34. The third-order valence-corrected chi connectivity index (χ3v) is 5.10. The van der Waals surface area contributed by atoms with Crippen LogP contribution in [0.1, 0.15) is 53.4 Å². The Balaban J connectivity index is 3.06. The van der Waals surface area contributed by atoms with Gasteiger partial charge in [0.25, 0.3) is 0 Å². The molecule has 2 amide bonds. The molecule has 1 rings (SSSR count). The van der Waals surface area contributed by atoms with Gasteiger partial charge in [0.1, 0.15) is 11.6 Å². The van der Waals surface area contributed by atoms with Gasteiger partial charge in [0.2, 0.25) is 11.8 Å². The Kier molecular flexibility index (Phi) is 6.37. The van der Waals surface area contributed by atoms with Crippen LogP contribution >= 0.6 is 11.8 Å². The Hall–Kier alpha value is -0.710. The van der Waals surface area contributed by atoms with Gasteiger partial charge in [0.15, 0.2) is 0 Å². The summed E-state index contributed by atoms with van der Waals surface area (Å²) in [5.41, 5.74) is -0.698. The molecule has 0 aromatic heterocycles. The minimum absolute atomic E-state index is 0.00630. The van der Waals surface area contributed by atoms with Gasteiger partial charge in [-0.05, 0) is 44.6 Å². The smallest absolute Gasteiger partial charge is 0.249 e. The zero-order valence-electron chi connectivity index (χ0n) is 13.4. The van der Waals surface area contributed by atoms with Crippen LogP contribution in [0.2, 0.25) is 0 Å². The van der Waals surface area contributed by atoms with E-state index in [1.165, 1.54) is 0 Å². The van der Waals surface area contributed by atoms with Crippen molar-refractivity contribution < 1.29 is 9.59 Å². The minimum atomic E-state index is -0.698. The van der Waals surface area contributed by atoms with E-state index in [0.29, 0.717) is 19.3 Å². The van der Waals surface area contributed by atoms with Gasteiger partial charge in [-0.15, -0.1) is 0 Å². The van der Waals surface area contributed by atoms with Crippen molar-refractivity contribution in [3.8, 4) is 0 Å². The lowest BCUT2D eigenvalue weighted by atomic mass is 9.85. The topological polar surface area (TPSA) is 49.4 Å². The summed E-state index contributed by atoms with van der Waals surface area (Å²) in [6, 6.07) is -0.200. The van der Waals surface area contributed by atoms with E-state index in [4.69, 9.17) is 0 Å². The molecule has 1 saturated heterocycles. The van der Waals surface area contributed by atoms with Crippen LogP contribution in [0.5, 0.6) is 0 Å². The number of amides is 2. The van der Waals surface area contributed by atoms with Crippen LogP contribution in [0.4, 0.5) is 0 Å². The molecule has 0 bridgehead atoms. The minimum Gasteiger partial charge on any atom is -0.340 e. The second-order valence-corrected chi connectivity index (χ2v) is 6.53. The Morgan fingerprint density at radius 3 is 2.35 bits per heavy atom. The molecule has 1 fully saturated rings. The summed E-state index contributed by atoms with van der Waals surface area (Å²) in [5, 5.41) is 2.99. The van der Waals surface area contributed by atoms with Crippen molar-refractivity contribution in [2.24, 2.45) is 0 Å². The summed E-state index contributed by atoms with van der Waals surface area (Å²) in [5.74, 6) is 1.11. The highest BCUT2D eigenvalue weighted by atomic mass is 32.2. The molecule has 5 heteroatoms. The molecule has 1 aliphatic heterocycles. The van der Waals surface area contributed by atoms with Crippen LogP contribution in [0.3, 0.4) is 0 Å². The van der Waals surface area contributed by atoms with Gasteiger partial charge in [-0.3, -0.25) is 9.59 Å². The lowest BCUT2D eigenvalue weighted by Crippen LogP contribution is -2.71. The zero-order chi connectivity index (χ0) is 15.3. The molecule has 1 heterocycles. The maximum atomic E-state index is 12.9. The van der Waals surface area contributed by atoms with Crippen molar-refractivity contribution in [2.45, 2.75) is 71.0 Å². The molecule has 1 aliphatic rings. The van der Waals surface area contributed by atoms with Crippen LogP contribution in [0.25, 0.3) is 0 Å². The molecule has 0 aromatic rings. The van der Waals surface area contributed by atoms with Crippen LogP contribution in [-0.2, 0) is 9.59 Å². The van der Waals surface area contributed by atoms with Crippen LogP contribution < -0.4 is 5.32 Å². The van der Waals surface area contributed by atoms with E-state index < -0.39 is 5.54 Å². The molecule has 0 aromatic carbocycles. The van der Waals surface area contributed by atoms with E-state index in [-0.39, 0.29) is 23.9 Å². The van der Waals surface area contributed by atoms with E-state index in [2.05, 4.69) is 18.5 Å². The Bertz CT molecular complexity index is 356. The third-order valence-electron chi connectivity index (χ3n) is 4.45. The quantitative estimate of drug-likeness (QED) is 0.785. The summed E-state index contributed by atoms with van der Waals surface area (Å²) < 4.78 is 0. The number of hydrogen-bond donors (Lipinski definition) is 1. The largest absolute Gasteiger partial charge is 0.340 e. The van der Waals surface area contributed by atoms with E-state index in [0.717, 1.165) is 12.2 Å². The highest BCUT2D eigenvalue weighted by Gasteiger charge is 2.49. The van der Waals surface area contributed by atoms with Gasteiger partial charge in [0, 0.05) is 6.04 Å². The fourth-order valence-corrected chi connectivity index (χ4v) is 3.51. The maximum Gasteiger partial charge on any atom is 0.249 e. The van der Waals surface area contributed by atoms with Crippen LogP contribution in [-0.4, -0.2) is 46.3 Å². The molecule has 20 heavy (non-hydrogen) atoms. The van der Waals surface area contributed by atoms with E-state index in [1.54, 1.807) is 11.8 Å². The van der Waals surface area contributed by atoms with Crippen molar-refractivity contribution in [1.82, 2.24) is 10.2 Å². The van der Waals surface area contributed by atoms with Gasteiger partial charge >= 0.3 is 0 Å². The second-order valence-electron chi connectivity index (χ2n) is 5.55. The number of nitrogens with one attached hydrogen (secondary N) is 1. The molecular formula is C15H28N2O2S. The highest BCUT2D eigenvalue weighted by Crippen LogP contribution is 2.28. The first-order valence-corrected chi connectivity index (χ1v) is 9.00. The van der Waals surface area contributed by atoms with E-state index in [9.17, 15) is 9.59 Å². The van der Waals surface area contributed by atoms with Crippen LogP contribution in [0, 0.1) is 0 Å². The van der Waals surface area contributed by atoms with Crippen molar-refractivity contribution in [1.29, 1.82) is 0 Å². The molecule has 0 aliphatic carbocycles. The first kappa shape index (κ1) is 17.3. The number of nitrogens with zero attached hydrogens (tertiary/aromatic N) is 1. The third kappa shape index (κ3) is 3.13. The normalized spacial score (nSPS) is 23.6. The molecule has 0 radical (unpaired) electrons. The van der Waals surface area contributed by atoms with Gasteiger partial charge in [-0.2, -0.15) is 11.8 Å². The molecule has 2 atom stereocenters. The monoisotopic (exact) mass is 300 g/mol. The Morgan fingerprint density at radius 1 is 1.30 bits per heavy atom.